The van der Waals surface area contributed by atoms with Crippen molar-refractivity contribution in [2.75, 3.05) is 26.2 Å². The molecule has 2 amide bonds. The molecule has 0 aliphatic carbocycles. The predicted octanol–water partition coefficient (Wildman–Crippen LogP) is 2.81. The molecule has 2 aromatic heterocycles. The number of para-hydroxylation sites is 1. The van der Waals surface area contributed by atoms with E-state index in [0.717, 1.165) is 25.1 Å². The first kappa shape index (κ1) is 21.5. The average Bonchev–Trinajstić information content (AvgIpc) is 3.64. The van der Waals surface area contributed by atoms with E-state index in [4.69, 9.17) is 4.74 Å². The zero-order valence-electron chi connectivity index (χ0n) is 18.6. The van der Waals surface area contributed by atoms with Crippen LogP contribution in [0.5, 0.6) is 0 Å². The summed E-state index contributed by atoms with van der Waals surface area (Å²) in [5, 5.41) is 7.57. The molecule has 0 radical (unpaired) electrons. The Morgan fingerprint density at radius 1 is 1.03 bits per heavy atom. The minimum atomic E-state index is -0.0635. The molecule has 4 heterocycles. The van der Waals surface area contributed by atoms with Crippen molar-refractivity contribution in [1.29, 1.82) is 0 Å². The van der Waals surface area contributed by atoms with Crippen LogP contribution in [0.15, 0.2) is 61.1 Å². The zero-order valence-corrected chi connectivity index (χ0v) is 18.6. The maximum Gasteiger partial charge on any atom is 0.259 e. The summed E-state index contributed by atoms with van der Waals surface area (Å²) >= 11 is 0. The molecule has 5 rings (SSSR count). The highest BCUT2D eigenvalue weighted by molar-refractivity contribution is 5.97. The number of rotatable bonds is 6. The average molecular weight is 448 g/mol. The first-order valence-corrected chi connectivity index (χ1v) is 11.7. The van der Waals surface area contributed by atoms with Gasteiger partial charge in [0.2, 0.25) is 5.91 Å². The largest absolute Gasteiger partial charge is 0.376 e. The number of piperidine rings is 1. The maximum atomic E-state index is 13.5. The fourth-order valence-electron chi connectivity index (χ4n) is 4.65. The Bertz CT molecular complexity index is 1080. The van der Waals surface area contributed by atoms with Crippen LogP contribution in [0.25, 0.3) is 11.5 Å². The van der Waals surface area contributed by atoms with Gasteiger partial charge in [-0.3, -0.25) is 9.59 Å². The molecule has 8 heteroatoms. The van der Waals surface area contributed by atoms with E-state index in [1.54, 1.807) is 10.9 Å². The first-order valence-electron chi connectivity index (χ1n) is 11.7. The molecule has 8 nitrogen and oxygen atoms in total. The molecule has 2 aliphatic heterocycles. The highest BCUT2D eigenvalue weighted by atomic mass is 16.5. The fraction of sp³-hybridized carbons (Fsp3) is 0.400. The number of aromatic nitrogens is 3. The minimum absolute atomic E-state index is 0.0564. The van der Waals surface area contributed by atoms with Crippen LogP contribution >= 0.6 is 0 Å². The number of carbonyl (C=O) groups is 2. The third-order valence-corrected chi connectivity index (χ3v) is 6.50. The topological polar surface area (TPSA) is 81.4 Å². The molecule has 3 aromatic rings. The lowest BCUT2D eigenvalue weighted by atomic mass is 9.95. The van der Waals surface area contributed by atoms with Crippen molar-refractivity contribution in [2.45, 2.75) is 31.8 Å². The number of benzene rings is 1. The standard InChI is InChI=1S/C25H29N5O3/c31-23(26-17-21-9-6-16-33-21)19-10-14-29(15-11-19)25(32)22-18-27-30(20-7-2-1-3-8-20)24(22)28-12-4-5-13-28/h1-5,7-8,12-13,18-19,21H,6,9-11,14-17H2,(H,26,31). The van der Waals surface area contributed by atoms with Gasteiger partial charge < -0.3 is 19.5 Å². The van der Waals surface area contributed by atoms with Crippen LogP contribution in [0, 0.1) is 5.92 Å². The molecule has 0 saturated carbocycles. The first-order chi connectivity index (χ1) is 16.2. The second-order valence-corrected chi connectivity index (χ2v) is 8.67. The van der Waals surface area contributed by atoms with Crippen LogP contribution in [0.2, 0.25) is 0 Å². The van der Waals surface area contributed by atoms with E-state index < -0.39 is 0 Å². The Morgan fingerprint density at radius 3 is 2.48 bits per heavy atom. The number of amides is 2. The molecule has 172 valence electrons. The molecular weight excluding hydrogens is 418 g/mol. The Labute approximate surface area is 193 Å². The molecule has 1 aromatic carbocycles. The minimum Gasteiger partial charge on any atom is -0.376 e. The van der Waals surface area contributed by atoms with E-state index in [1.165, 1.54) is 0 Å². The van der Waals surface area contributed by atoms with E-state index in [0.29, 0.717) is 43.9 Å². The Morgan fingerprint density at radius 2 is 1.79 bits per heavy atom. The summed E-state index contributed by atoms with van der Waals surface area (Å²) in [6.45, 7) is 2.47. The van der Waals surface area contributed by atoms with Crippen molar-refractivity contribution in [3.8, 4) is 11.5 Å². The van der Waals surface area contributed by atoms with Crippen LogP contribution in [-0.4, -0.2) is 63.4 Å². The normalized spacial score (nSPS) is 19.0. The van der Waals surface area contributed by atoms with Gasteiger partial charge in [-0.1, -0.05) is 18.2 Å². The molecule has 2 fully saturated rings. The van der Waals surface area contributed by atoms with Crippen molar-refractivity contribution in [2.24, 2.45) is 5.92 Å². The van der Waals surface area contributed by atoms with Crippen molar-refractivity contribution in [3.05, 3.63) is 66.6 Å². The van der Waals surface area contributed by atoms with Gasteiger partial charge in [0, 0.05) is 44.6 Å². The summed E-state index contributed by atoms with van der Waals surface area (Å²) in [5.41, 5.74) is 1.44. The molecule has 1 N–H and O–H groups in total. The summed E-state index contributed by atoms with van der Waals surface area (Å²) in [6.07, 6.45) is 9.01. The number of hydrogen-bond acceptors (Lipinski definition) is 4. The SMILES string of the molecule is O=C(NCC1CCCO1)C1CCN(C(=O)c2cnn(-c3ccccc3)c2-n2cccc2)CC1. The lowest BCUT2D eigenvalue weighted by Crippen LogP contribution is -2.44. The van der Waals surface area contributed by atoms with Gasteiger partial charge in [0.1, 0.15) is 5.56 Å². The lowest BCUT2D eigenvalue weighted by Gasteiger charge is -2.31. The van der Waals surface area contributed by atoms with Crippen LogP contribution in [-0.2, 0) is 9.53 Å². The van der Waals surface area contributed by atoms with Crippen LogP contribution < -0.4 is 5.32 Å². The summed E-state index contributed by atoms with van der Waals surface area (Å²) in [4.78, 5) is 27.9. The van der Waals surface area contributed by atoms with Gasteiger partial charge in [-0.2, -0.15) is 5.10 Å². The zero-order chi connectivity index (χ0) is 22.6. The number of likely N-dealkylation sites (tertiary alicyclic amines) is 1. The van der Waals surface area contributed by atoms with Crippen molar-refractivity contribution in [1.82, 2.24) is 24.6 Å². The number of hydrogen-bond donors (Lipinski definition) is 1. The Kier molecular flexibility index (Phi) is 6.26. The Balaban J connectivity index is 1.27. The predicted molar refractivity (Wildman–Crippen MR) is 124 cm³/mol. The summed E-state index contributed by atoms with van der Waals surface area (Å²) < 4.78 is 9.29. The fourth-order valence-corrected chi connectivity index (χ4v) is 4.65. The van der Waals surface area contributed by atoms with Crippen LogP contribution in [0.4, 0.5) is 0 Å². The molecule has 1 unspecified atom stereocenters. The van der Waals surface area contributed by atoms with Gasteiger partial charge in [-0.25, -0.2) is 4.68 Å². The van der Waals surface area contributed by atoms with Crippen molar-refractivity contribution >= 4 is 11.8 Å². The van der Waals surface area contributed by atoms with E-state index in [9.17, 15) is 9.59 Å². The highest BCUT2D eigenvalue weighted by Gasteiger charge is 2.31. The number of nitrogens with zero attached hydrogens (tertiary/aromatic N) is 4. The third kappa shape index (κ3) is 4.57. The maximum absolute atomic E-state index is 13.5. The van der Waals surface area contributed by atoms with Gasteiger partial charge in [0.25, 0.3) is 5.91 Å². The second kappa shape index (κ2) is 9.62. The van der Waals surface area contributed by atoms with Crippen LogP contribution in [0.3, 0.4) is 0 Å². The Hall–Kier alpha value is -3.39. The monoisotopic (exact) mass is 447 g/mol. The van der Waals surface area contributed by atoms with Gasteiger partial charge in [0.05, 0.1) is 18.0 Å². The van der Waals surface area contributed by atoms with E-state index in [1.807, 2.05) is 64.3 Å². The van der Waals surface area contributed by atoms with Gasteiger partial charge in [-0.15, -0.1) is 0 Å². The second-order valence-electron chi connectivity index (χ2n) is 8.67. The van der Waals surface area contributed by atoms with Crippen molar-refractivity contribution < 1.29 is 14.3 Å². The van der Waals surface area contributed by atoms with Gasteiger partial charge >= 0.3 is 0 Å². The smallest absolute Gasteiger partial charge is 0.259 e. The van der Waals surface area contributed by atoms with Crippen molar-refractivity contribution in [3.63, 3.8) is 0 Å². The molecule has 1 atom stereocenters. The van der Waals surface area contributed by atoms with Gasteiger partial charge in [0.15, 0.2) is 5.82 Å². The molecule has 2 aliphatic rings. The highest BCUT2D eigenvalue weighted by Crippen LogP contribution is 2.24. The molecular formula is C25H29N5O3. The van der Waals surface area contributed by atoms with E-state index in [2.05, 4.69) is 10.4 Å². The molecule has 0 spiro atoms. The lowest BCUT2D eigenvalue weighted by molar-refractivity contribution is -0.126. The third-order valence-electron chi connectivity index (χ3n) is 6.50. The number of carbonyl (C=O) groups excluding carboxylic acids is 2. The quantitative estimate of drug-likeness (QED) is 0.630. The summed E-state index contributed by atoms with van der Waals surface area (Å²) in [7, 11) is 0. The van der Waals surface area contributed by atoms with Gasteiger partial charge in [-0.05, 0) is 49.9 Å². The number of ether oxygens (including phenoxy) is 1. The molecule has 2 saturated heterocycles. The van der Waals surface area contributed by atoms with Crippen LogP contribution in [0.1, 0.15) is 36.0 Å². The molecule has 0 bridgehead atoms. The number of nitrogens with one attached hydrogen (secondary N) is 1. The summed E-state index contributed by atoms with van der Waals surface area (Å²) in [6, 6.07) is 13.6. The molecule has 33 heavy (non-hydrogen) atoms. The summed E-state index contributed by atoms with van der Waals surface area (Å²) in [5.74, 6) is 0.667. The van der Waals surface area contributed by atoms with E-state index >= 15 is 0 Å². The van der Waals surface area contributed by atoms with E-state index in [-0.39, 0.29) is 23.8 Å².